The van der Waals surface area contributed by atoms with Gasteiger partial charge in [-0.15, -0.1) is 0 Å². The minimum Gasteiger partial charge on any atom is -0.317 e. The number of pyridine rings is 2. The molecule has 4 aromatic heterocycles. The van der Waals surface area contributed by atoms with Crippen molar-refractivity contribution < 1.29 is 8.78 Å². The summed E-state index contributed by atoms with van der Waals surface area (Å²) >= 11 is 1.04. The van der Waals surface area contributed by atoms with E-state index in [4.69, 9.17) is 5.10 Å². The van der Waals surface area contributed by atoms with Crippen LogP contribution in [0.2, 0.25) is 0 Å². The van der Waals surface area contributed by atoms with E-state index in [1.165, 1.54) is 6.20 Å². The van der Waals surface area contributed by atoms with Gasteiger partial charge in [0.15, 0.2) is 5.82 Å². The van der Waals surface area contributed by atoms with Gasteiger partial charge in [-0.3, -0.25) is 4.68 Å². The van der Waals surface area contributed by atoms with Crippen molar-refractivity contribution in [2.45, 2.75) is 54.6 Å². The van der Waals surface area contributed by atoms with E-state index in [1.54, 1.807) is 4.52 Å². The molecule has 1 fully saturated rings. The van der Waals surface area contributed by atoms with E-state index in [2.05, 4.69) is 33.1 Å². The Morgan fingerprint density at radius 2 is 1.91 bits per heavy atom. The highest BCUT2D eigenvalue weighted by Crippen LogP contribution is 2.38. The van der Waals surface area contributed by atoms with Gasteiger partial charge in [-0.2, -0.15) is 15.5 Å². The number of halogens is 2. The average Bonchev–Trinajstić information content (AvgIpc) is 3.44. The smallest absolute Gasteiger partial charge is 0.158 e. The Kier molecular flexibility index (Phi) is 6.06. The minimum atomic E-state index is -0.757. The molecule has 1 saturated carbocycles. The average molecular weight is 480 g/mol. The molecule has 1 aliphatic rings. The third-order valence-corrected chi connectivity index (χ3v) is 7.51. The van der Waals surface area contributed by atoms with Crippen LogP contribution in [0.4, 0.5) is 8.78 Å². The zero-order chi connectivity index (χ0) is 23.8. The van der Waals surface area contributed by atoms with Gasteiger partial charge >= 0.3 is 0 Å². The molecule has 0 unspecified atom stereocenters. The van der Waals surface area contributed by atoms with E-state index in [1.807, 2.05) is 25.5 Å². The van der Waals surface area contributed by atoms with Crippen molar-refractivity contribution in [3.63, 3.8) is 0 Å². The van der Waals surface area contributed by atoms with Crippen LogP contribution in [0.15, 0.2) is 46.8 Å². The van der Waals surface area contributed by atoms with Crippen LogP contribution in [0, 0.1) is 29.9 Å². The number of hydrogen-bond acceptors (Lipinski definition) is 6. The summed E-state index contributed by atoms with van der Waals surface area (Å²) in [6.07, 6.45) is 10.5. The normalized spacial score (nSPS) is 18.3. The first kappa shape index (κ1) is 22.5. The molecule has 5 rings (SSSR count). The van der Waals surface area contributed by atoms with Crippen LogP contribution in [0.25, 0.3) is 16.6 Å². The molecule has 0 bridgehead atoms. The molecule has 34 heavy (non-hydrogen) atoms. The van der Waals surface area contributed by atoms with Crippen LogP contribution in [-0.4, -0.2) is 37.5 Å². The number of fused-ring (bicyclic) bond motifs is 1. The standard InChI is InChI=1S/C24H23F2N7S/c1-14-20(12-31-33(14)19-5-3-18(28-2)4-6-19)15-7-22(23-16(9-27)10-30-32(23)13-15)34-24-21(26)8-17(25)11-29-24/h7-8,10-13,18-19,28H,3-6H2,1-2H3. The van der Waals surface area contributed by atoms with Gasteiger partial charge in [0, 0.05) is 40.0 Å². The molecule has 0 spiro atoms. The maximum Gasteiger partial charge on any atom is 0.158 e. The van der Waals surface area contributed by atoms with Crippen LogP contribution in [0.1, 0.15) is 43.0 Å². The van der Waals surface area contributed by atoms with Crippen LogP contribution >= 0.6 is 11.8 Å². The van der Waals surface area contributed by atoms with Crippen LogP contribution in [-0.2, 0) is 0 Å². The lowest BCUT2D eigenvalue weighted by molar-refractivity contribution is 0.281. The lowest BCUT2D eigenvalue weighted by Crippen LogP contribution is -2.31. The molecular weight excluding hydrogens is 456 g/mol. The van der Waals surface area contributed by atoms with Crippen molar-refractivity contribution in [2.75, 3.05) is 7.05 Å². The maximum atomic E-state index is 14.4. The van der Waals surface area contributed by atoms with Crippen LogP contribution < -0.4 is 5.32 Å². The largest absolute Gasteiger partial charge is 0.317 e. The fourth-order valence-corrected chi connectivity index (χ4v) is 5.61. The molecule has 1 N–H and O–H groups in total. The number of nitrogens with one attached hydrogen (secondary N) is 1. The summed E-state index contributed by atoms with van der Waals surface area (Å²) < 4.78 is 31.4. The first-order valence-corrected chi connectivity index (χ1v) is 11.9. The fourth-order valence-electron chi connectivity index (χ4n) is 4.66. The maximum absolute atomic E-state index is 14.4. The Bertz CT molecular complexity index is 1400. The molecule has 4 aromatic rings. The van der Waals surface area contributed by atoms with Crippen molar-refractivity contribution in [2.24, 2.45) is 0 Å². The Morgan fingerprint density at radius 1 is 1.12 bits per heavy atom. The van der Waals surface area contributed by atoms with E-state index in [9.17, 15) is 14.0 Å². The van der Waals surface area contributed by atoms with E-state index in [0.29, 0.717) is 28.1 Å². The summed E-state index contributed by atoms with van der Waals surface area (Å²) in [5.41, 5.74) is 3.75. The predicted octanol–water partition coefficient (Wildman–Crippen LogP) is 4.91. The lowest BCUT2D eigenvalue weighted by atomic mass is 9.91. The van der Waals surface area contributed by atoms with Gasteiger partial charge in [0.25, 0.3) is 0 Å². The molecule has 0 radical (unpaired) electrons. The third-order valence-electron chi connectivity index (χ3n) is 6.48. The van der Waals surface area contributed by atoms with Gasteiger partial charge in [-0.1, -0.05) is 11.8 Å². The molecule has 174 valence electrons. The molecule has 0 saturated heterocycles. The van der Waals surface area contributed by atoms with E-state index >= 15 is 0 Å². The van der Waals surface area contributed by atoms with E-state index < -0.39 is 11.6 Å². The molecule has 7 nitrogen and oxygen atoms in total. The highest BCUT2D eigenvalue weighted by Gasteiger charge is 2.24. The molecule has 0 aromatic carbocycles. The third kappa shape index (κ3) is 4.06. The SMILES string of the molecule is CNC1CCC(n2ncc(-c3cc(Sc4ncc(F)cc4F)c4c(C#N)cnn4c3)c2C)CC1. The number of nitrogens with zero attached hydrogens (tertiary/aromatic N) is 6. The Hall–Kier alpha value is -3.29. The molecule has 0 amide bonds. The van der Waals surface area contributed by atoms with Crippen LogP contribution in [0.5, 0.6) is 0 Å². The fraction of sp³-hybridized carbons (Fsp3) is 0.333. The van der Waals surface area contributed by atoms with Gasteiger partial charge in [0.2, 0.25) is 0 Å². The number of nitriles is 1. The van der Waals surface area contributed by atoms with Crippen molar-refractivity contribution in [1.29, 1.82) is 5.26 Å². The minimum absolute atomic E-state index is 0.0271. The summed E-state index contributed by atoms with van der Waals surface area (Å²) in [5.74, 6) is -1.50. The summed E-state index contributed by atoms with van der Waals surface area (Å²) in [5, 5.41) is 22.0. The number of aromatic nitrogens is 5. The molecule has 0 aliphatic heterocycles. The summed E-state index contributed by atoms with van der Waals surface area (Å²) in [6, 6.07) is 5.73. The van der Waals surface area contributed by atoms with E-state index in [-0.39, 0.29) is 5.03 Å². The Balaban J connectivity index is 1.55. The molecule has 1 aliphatic carbocycles. The monoisotopic (exact) mass is 479 g/mol. The highest BCUT2D eigenvalue weighted by molar-refractivity contribution is 7.99. The van der Waals surface area contributed by atoms with Crippen molar-refractivity contribution in [1.82, 2.24) is 29.7 Å². The topological polar surface area (TPSA) is 83.8 Å². The van der Waals surface area contributed by atoms with Gasteiger partial charge in [0.05, 0.1) is 35.7 Å². The summed E-state index contributed by atoms with van der Waals surface area (Å²) in [6.45, 7) is 2.05. The molecular formula is C24H23F2N7S. The number of rotatable bonds is 5. The second-order valence-corrected chi connectivity index (χ2v) is 9.51. The van der Waals surface area contributed by atoms with Crippen LogP contribution in [0.3, 0.4) is 0 Å². The lowest BCUT2D eigenvalue weighted by Gasteiger charge is -2.29. The summed E-state index contributed by atoms with van der Waals surface area (Å²) in [4.78, 5) is 4.50. The second kappa shape index (κ2) is 9.16. The quantitative estimate of drug-likeness (QED) is 0.438. The summed E-state index contributed by atoms with van der Waals surface area (Å²) in [7, 11) is 2.01. The van der Waals surface area contributed by atoms with Gasteiger partial charge in [-0.25, -0.2) is 18.3 Å². The number of hydrogen-bond donors (Lipinski definition) is 1. The predicted molar refractivity (Wildman–Crippen MR) is 124 cm³/mol. The zero-order valence-corrected chi connectivity index (χ0v) is 19.6. The molecule has 10 heteroatoms. The van der Waals surface area contributed by atoms with Crippen molar-refractivity contribution in [3.8, 4) is 17.2 Å². The van der Waals surface area contributed by atoms with Crippen molar-refractivity contribution in [3.05, 3.63) is 59.8 Å². The van der Waals surface area contributed by atoms with Crippen molar-refractivity contribution >= 4 is 17.3 Å². The first-order valence-electron chi connectivity index (χ1n) is 11.1. The zero-order valence-electron chi connectivity index (χ0n) is 18.8. The Labute approximate surface area is 199 Å². The van der Waals surface area contributed by atoms with Gasteiger partial charge < -0.3 is 5.32 Å². The van der Waals surface area contributed by atoms with Gasteiger partial charge in [0.1, 0.15) is 16.9 Å². The highest BCUT2D eigenvalue weighted by atomic mass is 32.2. The van der Waals surface area contributed by atoms with E-state index in [0.717, 1.165) is 66.5 Å². The Morgan fingerprint density at radius 3 is 2.62 bits per heavy atom. The van der Waals surface area contributed by atoms with Gasteiger partial charge in [-0.05, 0) is 45.7 Å². The first-order chi connectivity index (χ1) is 16.5. The molecule has 0 atom stereocenters. The second-order valence-electron chi connectivity index (χ2n) is 8.48. The molecule has 4 heterocycles.